The molecule has 23 heavy (non-hydrogen) atoms. The van der Waals surface area contributed by atoms with Gasteiger partial charge in [0.25, 0.3) is 11.8 Å². The molecule has 0 atom stereocenters. The van der Waals surface area contributed by atoms with Gasteiger partial charge < -0.3 is 0 Å². The van der Waals surface area contributed by atoms with Crippen molar-refractivity contribution in [3.63, 3.8) is 0 Å². The third kappa shape index (κ3) is 3.41. The zero-order valence-electron chi connectivity index (χ0n) is 12.0. The second-order valence-electron chi connectivity index (χ2n) is 4.63. The number of para-hydroxylation sites is 1. The zero-order valence-corrected chi connectivity index (χ0v) is 12.0. The van der Waals surface area contributed by atoms with Crippen LogP contribution in [0.2, 0.25) is 0 Å². The molecule has 0 aliphatic rings. The normalized spacial score (nSPS) is 10.1. The molecule has 0 aliphatic carbocycles. The van der Waals surface area contributed by atoms with Crippen LogP contribution in [0.1, 0.15) is 20.8 Å². The first kappa shape index (κ1) is 14.5. The fourth-order valence-corrected chi connectivity index (χ4v) is 1.89. The van der Waals surface area contributed by atoms with Gasteiger partial charge in [-0.3, -0.25) is 20.4 Å². The Balaban J connectivity index is 1.63. The van der Waals surface area contributed by atoms with Gasteiger partial charge in [0, 0.05) is 5.56 Å². The molecule has 0 unspecified atom stereocenters. The number of nitrogens with one attached hydrogen (secondary N) is 2. The van der Waals surface area contributed by atoms with Crippen molar-refractivity contribution in [2.24, 2.45) is 0 Å². The largest absolute Gasteiger partial charge is 0.291 e. The molecule has 1 aromatic heterocycles. The number of nitrogens with zero attached hydrogens (tertiary/aromatic N) is 3. The fraction of sp³-hybridized carbons (Fsp3) is 0. The Morgan fingerprint density at radius 3 is 2.13 bits per heavy atom. The highest BCUT2D eigenvalue weighted by Gasteiger charge is 2.12. The lowest BCUT2D eigenvalue weighted by atomic mass is 10.2. The van der Waals surface area contributed by atoms with Gasteiger partial charge in [0.15, 0.2) is 5.69 Å². The molecule has 114 valence electrons. The second-order valence-corrected chi connectivity index (χ2v) is 4.63. The van der Waals surface area contributed by atoms with E-state index in [1.165, 1.54) is 11.0 Å². The van der Waals surface area contributed by atoms with Crippen molar-refractivity contribution in [2.75, 3.05) is 0 Å². The van der Waals surface area contributed by atoms with Gasteiger partial charge in [-0.1, -0.05) is 36.4 Å². The summed E-state index contributed by atoms with van der Waals surface area (Å²) in [5.74, 6) is -0.953. The van der Waals surface area contributed by atoms with Crippen LogP contribution < -0.4 is 10.9 Å². The van der Waals surface area contributed by atoms with E-state index in [-0.39, 0.29) is 5.69 Å². The molecule has 2 amide bonds. The van der Waals surface area contributed by atoms with E-state index in [9.17, 15) is 9.59 Å². The Labute approximate surface area is 131 Å². The number of amides is 2. The van der Waals surface area contributed by atoms with Gasteiger partial charge in [0.1, 0.15) is 0 Å². The summed E-state index contributed by atoms with van der Waals surface area (Å²) >= 11 is 0. The molecule has 0 saturated heterocycles. The number of carbonyl (C=O) groups excluding carboxylic acids is 2. The molecule has 0 spiro atoms. The molecule has 7 nitrogen and oxygen atoms in total. The van der Waals surface area contributed by atoms with E-state index < -0.39 is 11.8 Å². The zero-order chi connectivity index (χ0) is 16.1. The molecule has 0 radical (unpaired) electrons. The Kier molecular flexibility index (Phi) is 4.10. The van der Waals surface area contributed by atoms with Gasteiger partial charge in [-0.15, -0.1) is 5.10 Å². The highest BCUT2D eigenvalue weighted by molar-refractivity contribution is 5.98. The molecule has 0 bridgehead atoms. The monoisotopic (exact) mass is 307 g/mol. The van der Waals surface area contributed by atoms with E-state index in [2.05, 4.69) is 21.0 Å². The Bertz CT molecular complexity index is 815. The van der Waals surface area contributed by atoms with E-state index in [0.29, 0.717) is 5.56 Å². The lowest BCUT2D eigenvalue weighted by molar-refractivity contribution is 0.0843. The molecule has 2 N–H and O–H groups in total. The van der Waals surface area contributed by atoms with Gasteiger partial charge in [-0.2, -0.15) is 9.90 Å². The molecular weight excluding hydrogens is 294 g/mol. The van der Waals surface area contributed by atoms with Crippen molar-refractivity contribution in [1.29, 1.82) is 0 Å². The van der Waals surface area contributed by atoms with E-state index in [0.717, 1.165) is 5.69 Å². The first-order valence-electron chi connectivity index (χ1n) is 6.87. The SMILES string of the molecule is O=C(NNC(=O)c1cnn(-c2ccccc2)n1)c1ccccc1. The maximum absolute atomic E-state index is 12.0. The molecule has 7 heteroatoms. The number of benzene rings is 2. The van der Waals surface area contributed by atoms with Crippen LogP contribution in [0.5, 0.6) is 0 Å². The molecule has 0 saturated carbocycles. The smallest absolute Gasteiger partial charge is 0.267 e. The Morgan fingerprint density at radius 1 is 0.826 bits per heavy atom. The highest BCUT2D eigenvalue weighted by Crippen LogP contribution is 2.04. The van der Waals surface area contributed by atoms with Crippen molar-refractivity contribution in [1.82, 2.24) is 25.8 Å². The summed E-state index contributed by atoms with van der Waals surface area (Å²) in [5.41, 5.74) is 5.92. The van der Waals surface area contributed by atoms with Crippen LogP contribution in [0.3, 0.4) is 0 Å². The van der Waals surface area contributed by atoms with E-state index >= 15 is 0 Å². The van der Waals surface area contributed by atoms with Crippen LogP contribution >= 0.6 is 0 Å². The predicted octanol–water partition coefficient (Wildman–Crippen LogP) is 1.34. The predicted molar refractivity (Wildman–Crippen MR) is 82.7 cm³/mol. The van der Waals surface area contributed by atoms with Crippen molar-refractivity contribution < 1.29 is 9.59 Å². The van der Waals surface area contributed by atoms with E-state index in [1.54, 1.807) is 30.3 Å². The van der Waals surface area contributed by atoms with Crippen LogP contribution in [-0.2, 0) is 0 Å². The number of hydrazine groups is 1. The Hall–Kier alpha value is -3.48. The number of hydrogen-bond acceptors (Lipinski definition) is 4. The first-order valence-corrected chi connectivity index (χ1v) is 6.87. The first-order chi connectivity index (χ1) is 11.2. The average Bonchev–Trinajstić information content (AvgIpc) is 3.11. The standard InChI is InChI=1S/C16H13N5O2/c22-15(12-7-3-1-4-8-12)18-19-16(23)14-11-17-21(20-14)13-9-5-2-6-10-13/h1-11H,(H,18,22)(H,19,23). The molecule has 3 aromatic rings. The lowest BCUT2D eigenvalue weighted by Crippen LogP contribution is -2.41. The third-order valence-corrected chi connectivity index (χ3v) is 3.04. The summed E-state index contributed by atoms with van der Waals surface area (Å²) in [6.07, 6.45) is 1.33. The summed E-state index contributed by atoms with van der Waals surface area (Å²) in [6, 6.07) is 17.8. The Morgan fingerprint density at radius 2 is 1.43 bits per heavy atom. The van der Waals surface area contributed by atoms with Gasteiger partial charge in [0.05, 0.1) is 11.9 Å². The van der Waals surface area contributed by atoms with Gasteiger partial charge in [-0.25, -0.2) is 0 Å². The van der Waals surface area contributed by atoms with Crippen molar-refractivity contribution in [3.8, 4) is 5.69 Å². The second kappa shape index (κ2) is 6.52. The molecule has 0 aliphatic heterocycles. The van der Waals surface area contributed by atoms with Crippen molar-refractivity contribution in [2.45, 2.75) is 0 Å². The summed E-state index contributed by atoms with van der Waals surface area (Å²) in [5, 5.41) is 8.10. The maximum atomic E-state index is 12.0. The summed E-state index contributed by atoms with van der Waals surface area (Å²) in [7, 11) is 0. The van der Waals surface area contributed by atoms with Gasteiger partial charge in [-0.05, 0) is 24.3 Å². The number of aromatic nitrogens is 3. The van der Waals surface area contributed by atoms with Gasteiger partial charge in [0.2, 0.25) is 0 Å². The number of carbonyl (C=O) groups is 2. The van der Waals surface area contributed by atoms with E-state index in [4.69, 9.17) is 0 Å². The number of hydrogen-bond donors (Lipinski definition) is 2. The minimum absolute atomic E-state index is 0.0993. The topological polar surface area (TPSA) is 88.9 Å². The molecule has 0 fully saturated rings. The summed E-state index contributed by atoms with van der Waals surface area (Å²) < 4.78 is 0. The number of rotatable bonds is 3. The van der Waals surface area contributed by atoms with Crippen molar-refractivity contribution >= 4 is 11.8 Å². The van der Waals surface area contributed by atoms with Crippen LogP contribution in [0.4, 0.5) is 0 Å². The minimum Gasteiger partial charge on any atom is -0.267 e. The van der Waals surface area contributed by atoms with Gasteiger partial charge >= 0.3 is 0 Å². The maximum Gasteiger partial charge on any atom is 0.291 e. The summed E-state index contributed by atoms with van der Waals surface area (Å²) in [6.45, 7) is 0. The molecular formula is C16H13N5O2. The fourth-order valence-electron chi connectivity index (χ4n) is 1.89. The van der Waals surface area contributed by atoms with Crippen LogP contribution in [-0.4, -0.2) is 26.8 Å². The lowest BCUT2D eigenvalue weighted by Gasteiger charge is -2.05. The quantitative estimate of drug-likeness (QED) is 0.715. The third-order valence-electron chi connectivity index (χ3n) is 3.04. The molecule has 1 heterocycles. The molecule has 2 aromatic carbocycles. The van der Waals surface area contributed by atoms with E-state index in [1.807, 2.05) is 30.3 Å². The minimum atomic E-state index is -0.545. The average molecular weight is 307 g/mol. The van der Waals surface area contributed by atoms with Crippen LogP contribution in [0, 0.1) is 0 Å². The highest BCUT2D eigenvalue weighted by atomic mass is 16.2. The van der Waals surface area contributed by atoms with Crippen LogP contribution in [0.15, 0.2) is 66.9 Å². The van der Waals surface area contributed by atoms with Crippen molar-refractivity contribution in [3.05, 3.63) is 78.1 Å². The summed E-state index contributed by atoms with van der Waals surface area (Å²) in [4.78, 5) is 25.2. The van der Waals surface area contributed by atoms with Crippen LogP contribution in [0.25, 0.3) is 5.69 Å². The molecule has 3 rings (SSSR count).